The predicted octanol–water partition coefficient (Wildman–Crippen LogP) is 1.55. The molecule has 0 radical (unpaired) electrons. The second-order valence-corrected chi connectivity index (χ2v) is 4.14. The van der Waals surface area contributed by atoms with E-state index in [4.69, 9.17) is 0 Å². The van der Waals surface area contributed by atoms with Crippen LogP contribution in [0.2, 0.25) is 0 Å². The maximum atomic E-state index is 13.6. The molecule has 2 N–H and O–H groups in total. The van der Waals surface area contributed by atoms with Gasteiger partial charge in [-0.3, -0.25) is 0 Å². The Bertz CT molecular complexity index is 410. The van der Waals surface area contributed by atoms with Crippen molar-refractivity contribution < 1.29 is 24.1 Å². The van der Waals surface area contributed by atoms with Gasteiger partial charge in [0.15, 0.2) is 6.10 Å². The minimum absolute atomic E-state index is 0.0730. The van der Waals surface area contributed by atoms with Gasteiger partial charge in [-0.25, -0.2) is 9.18 Å². The van der Waals surface area contributed by atoms with Gasteiger partial charge >= 0.3 is 5.97 Å². The van der Waals surface area contributed by atoms with E-state index < -0.39 is 24.0 Å². The minimum atomic E-state index is -1.81. The van der Waals surface area contributed by atoms with Gasteiger partial charge in [0.1, 0.15) is 11.9 Å². The molecule has 0 aliphatic heterocycles. The minimum Gasteiger partial charge on any atom is -0.464 e. The van der Waals surface area contributed by atoms with Gasteiger partial charge in [-0.2, -0.15) is 0 Å². The molecule has 0 saturated heterocycles. The Morgan fingerprint density at radius 2 is 2.18 bits per heavy atom. The molecule has 1 aromatic rings. The fourth-order valence-electron chi connectivity index (χ4n) is 1.28. The molecule has 0 heterocycles. The first-order chi connectivity index (χ1) is 7.99. The number of aliphatic hydroxyl groups is 2. The summed E-state index contributed by atoms with van der Waals surface area (Å²) in [7, 11) is 0. The number of carbonyl (C=O) groups excluding carboxylic acids is 1. The Balaban J connectivity index is 2.92. The highest BCUT2D eigenvalue weighted by atomic mass is 79.9. The number of hydrogen-bond acceptors (Lipinski definition) is 4. The molecule has 1 rings (SSSR count). The van der Waals surface area contributed by atoms with Crippen LogP contribution in [0.5, 0.6) is 0 Å². The van der Waals surface area contributed by atoms with E-state index in [9.17, 15) is 19.4 Å². The Morgan fingerprint density at radius 3 is 2.76 bits per heavy atom. The molecule has 6 heteroatoms. The third kappa shape index (κ3) is 3.24. The van der Waals surface area contributed by atoms with E-state index in [-0.39, 0.29) is 16.6 Å². The summed E-state index contributed by atoms with van der Waals surface area (Å²) in [5.74, 6) is -1.71. The number of benzene rings is 1. The fourth-order valence-corrected chi connectivity index (χ4v) is 1.66. The van der Waals surface area contributed by atoms with Crippen LogP contribution in [0.4, 0.5) is 4.39 Å². The second kappa shape index (κ2) is 6.09. The number of hydrogen-bond donors (Lipinski definition) is 2. The van der Waals surface area contributed by atoms with E-state index >= 15 is 0 Å². The lowest BCUT2D eigenvalue weighted by molar-refractivity contribution is -0.159. The van der Waals surface area contributed by atoms with Crippen LogP contribution in [-0.2, 0) is 9.53 Å². The molecule has 0 saturated carbocycles. The maximum absolute atomic E-state index is 13.6. The summed E-state index contributed by atoms with van der Waals surface area (Å²) in [4.78, 5) is 11.2. The van der Waals surface area contributed by atoms with Crippen LogP contribution in [0.25, 0.3) is 0 Å². The van der Waals surface area contributed by atoms with Gasteiger partial charge in [-0.1, -0.05) is 12.1 Å². The van der Waals surface area contributed by atoms with Crippen LogP contribution in [-0.4, -0.2) is 28.9 Å². The van der Waals surface area contributed by atoms with Gasteiger partial charge in [-0.15, -0.1) is 0 Å². The van der Waals surface area contributed by atoms with E-state index in [2.05, 4.69) is 20.7 Å². The predicted molar refractivity (Wildman–Crippen MR) is 61.7 cm³/mol. The summed E-state index contributed by atoms with van der Waals surface area (Å²) >= 11 is 2.95. The van der Waals surface area contributed by atoms with Crippen molar-refractivity contribution in [2.75, 3.05) is 6.61 Å². The Kier molecular flexibility index (Phi) is 5.04. The number of aliphatic hydroxyl groups excluding tert-OH is 2. The van der Waals surface area contributed by atoms with Crippen molar-refractivity contribution in [1.82, 2.24) is 0 Å². The summed E-state index contributed by atoms with van der Waals surface area (Å²) in [5.41, 5.74) is -0.167. The summed E-state index contributed by atoms with van der Waals surface area (Å²) in [6.07, 6.45) is -3.47. The maximum Gasteiger partial charge on any atom is 0.338 e. The highest BCUT2D eigenvalue weighted by molar-refractivity contribution is 9.10. The summed E-state index contributed by atoms with van der Waals surface area (Å²) < 4.78 is 18.3. The zero-order valence-electron chi connectivity index (χ0n) is 9.06. The molecule has 0 aliphatic rings. The van der Waals surface area contributed by atoms with Crippen molar-refractivity contribution in [3.05, 3.63) is 34.1 Å². The molecule has 2 unspecified atom stereocenters. The van der Waals surface area contributed by atoms with Crippen molar-refractivity contribution in [2.24, 2.45) is 0 Å². The van der Waals surface area contributed by atoms with Crippen LogP contribution in [0.1, 0.15) is 18.6 Å². The number of halogens is 2. The smallest absolute Gasteiger partial charge is 0.338 e. The van der Waals surface area contributed by atoms with E-state index in [1.807, 2.05) is 0 Å². The zero-order chi connectivity index (χ0) is 13.0. The van der Waals surface area contributed by atoms with Crippen molar-refractivity contribution in [3.8, 4) is 0 Å². The number of ether oxygens (including phenoxy) is 1. The van der Waals surface area contributed by atoms with Gasteiger partial charge < -0.3 is 14.9 Å². The first kappa shape index (κ1) is 14.1. The summed E-state index contributed by atoms with van der Waals surface area (Å²) in [6, 6.07) is 4.22. The van der Waals surface area contributed by atoms with Crippen LogP contribution < -0.4 is 0 Å². The van der Waals surface area contributed by atoms with Crippen molar-refractivity contribution in [3.63, 3.8) is 0 Å². The van der Waals surface area contributed by atoms with E-state index in [1.165, 1.54) is 18.2 Å². The fraction of sp³-hybridized carbons (Fsp3) is 0.364. The quantitative estimate of drug-likeness (QED) is 0.828. The average Bonchev–Trinajstić information content (AvgIpc) is 2.31. The lowest BCUT2D eigenvalue weighted by atomic mass is 10.0. The first-order valence-electron chi connectivity index (χ1n) is 4.95. The lowest BCUT2D eigenvalue weighted by Crippen LogP contribution is -2.30. The highest BCUT2D eigenvalue weighted by Crippen LogP contribution is 2.26. The van der Waals surface area contributed by atoms with Crippen molar-refractivity contribution in [2.45, 2.75) is 19.1 Å². The molecule has 0 spiro atoms. The summed E-state index contributed by atoms with van der Waals surface area (Å²) in [6.45, 7) is 1.64. The average molecular weight is 307 g/mol. The van der Waals surface area contributed by atoms with Gasteiger partial charge in [-0.05, 0) is 28.9 Å². The molecule has 0 amide bonds. The van der Waals surface area contributed by atoms with Gasteiger partial charge in [0.05, 0.1) is 11.1 Å². The SMILES string of the molecule is CCOC(=O)C(O)C(O)c1cccc(Br)c1F. The molecular weight excluding hydrogens is 295 g/mol. The monoisotopic (exact) mass is 306 g/mol. The Hall–Kier alpha value is -0.980. The van der Waals surface area contributed by atoms with Gasteiger partial charge in [0.25, 0.3) is 0 Å². The molecule has 1 aromatic carbocycles. The molecule has 4 nitrogen and oxygen atoms in total. The molecule has 0 fully saturated rings. The highest BCUT2D eigenvalue weighted by Gasteiger charge is 2.29. The number of carbonyl (C=O) groups is 1. The zero-order valence-corrected chi connectivity index (χ0v) is 10.6. The van der Waals surface area contributed by atoms with Crippen LogP contribution >= 0.6 is 15.9 Å². The topological polar surface area (TPSA) is 66.8 Å². The normalized spacial score (nSPS) is 14.2. The first-order valence-corrected chi connectivity index (χ1v) is 5.75. The Morgan fingerprint density at radius 1 is 1.53 bits per heavy atom. The number of rotatable bonds is 4. The summed E-state index contributed by atoms with van der Waals surface area (Å²) in [5, 5.41) is 19.2. The largest absolute Gasteiger partial charge is 0.464 e. The molecule has 0 bridgehead atoms. The molecule has 2 atom stereocenters. The second-order valence-electron chi connectivity index (χ2n) is 3.28. The van der Waals surface area contributed by atoms with E-state index in [0.29, 0.717) is 0 Å². The molecule has 0 aliphatic carbocycles. The molecule has 94 valence electrons. The Labute approximate surface area is 106 Å². The third-order valence-electron chi connectivity index (χ3n) is 2.13. The van der Waals surface area contributed by atoms with Gasteiger partial charge in [0.2, 0.25) is 0 Å². The van der Waals surface area contributed by atoms with E-state index in [1.54, 1.807) is 6.92 Å². The van der Waals surface area contributed by atoms with Crippen molar-refractivity contribution in [1.29, 1.82) is 0 Å². The molecule has 0 aromatic heterocycles. The third-order valence-corrected chi connectivity index (χ3v) is 2.74. The lowest BCUT2D eigenvalue weighted by Gasteiger charge is -2.17. The van der Waals surface area contributed by atoms with Gasteiger partial charge in [0, 0.05) is 5.56 Å². The standard InChI is InChI=1S/C11H12BrFO4/c1-2-17-11(16)10(15)9(14)6-4-3-5-7(12)8(6)13/h3-5,9-10,14-15H,2H2,1H3. The van der Waals surface area contributed by atoms with Crippen molar-refractivity contribution >= 4 is 21.9 Å². The van der Waals surface area contributed by atoms with Crippen LogP contribution in [0.15, 0.2) is 22.7 Å². The van der Waals surface area contributed by atoms with Crippen LogP contribution in [0, 0.1) is 5.82 Å². The molecular formula is C11H12BrFO4. The van der Waals surface area contributed by atoms with Crippen LogP contribution in [0.3, 0.4) is 0 Å². The number of esters is 1. The molecule has 17 heavy (non-hydrogen) atoms. The van der Waals surface area contributed by atoms with E-state index in [0.717, 1.165) is 0 Å².